The lowest BCUT2D eigenvalue weighted by Gasteiger charge is -2.35. The van der Waals surface area contributed by atoms with Crippen LogP contribution in [0, 0.1) is 6.92 Å². The van der Waals surface area contributed by atoms with Gasteiger partial charge >= 0.3 is 0 Å². The van der Waals surface area contributed by atoms with Gasteiger partial charge in [-0.15, -0.1) is 11.3 Å². The average Bonchev–Trinajstić information content (AvgIpc) is 3.17. The Morgan fingerprint density at radius 1 is 1.21 bits per heavy atom. The summed E-state index contributed by atoms with van der Waals surface area (Å²) in [6.45, 7) is 8.87. The molecule has 0 bridgehead atoms. The lowest BCUT2D eigenvalue weighted by molar-refractivity contribution is -0.130. The smallest absolute Gasteiger partial charge is 0.235 e. The number of hydrogen-bond donors (Lipinski definition) is 0. The van der Waals surface area contributed by atoms with Gasteiger partial charge in [-0.2, -0.15) is 0 Å². The van der Waals surface area contributed by atoms with E-state index in [0.717, 1.165) is 46.5 Å². The van der Waals surface area contributed by atoms with E-state index in [9.17, 15) is 4.79 Å². The van der Waals surface area contributed by atoms with Gasteiger partial charge in [-0.05, 0) is 32.4 Å². The molecule has 3 aromatic rings. The number of carbonyl (C=O) groups is 1. The zero-order chi connectivity index (χ0) is 20.4. The SMILES string of the molecule is CCc1cc2c(SC(C)C(=O)N3CCN(c4ncccn4)CC3)nc(C)nc2s1. The number of aryl methyl sites for hydroxylation is 2. The molecule has 1 atom stereocenters. The standard InChI is InChI=1S/C20H24N6OS2/c1-4-15-12-16-17(23-14(3)24-18(16)29-15)28-13(2)19(27)25-8-10-26(11-9-25)20-21-6-5-7-22-20/h5-7,12-13H,4,8-11H2,1-3H3. The van der Waals surface area contributed by atoms with Crippen molar-refractivity contribution in [3.05, 3.63) is 35.2 Å². The van der Waals surface area contributed by atoms with E-state index in [1.54, 1.807) is 23.7 Å². The molecular weight excluding hydrogens is 404 g/mol. The molecule has 4 heterocycles. The van der Waals surface area contributed by atoms with Crippen molar-refractivity contribution in [2.45, 2.75) is 37.5 Å². The first-order valence-electron chi connectivity index (χ1n) is 9.79. The Kier molecular flexibility index (Phi) is 5.96. The summed E-state index contributed by atoms with van der Waals surface area (Å²) in [5.74, 6) is 1.63. The molecule has 0 aromatic carbocycles. The van der Waals surface area contributed by atoms with Crippen LogP contribution in [0.15, 0.2) is 29.6 Å². The van der Waals surface area contributed by atoms with Crippen LogP contribution in [0.1, 0.15) is 24.5 Å². The number of carbonyl (C=O) groups excluding carboxylic acids is 1. The summed E-state index contributed by atoms with van der Waals surface area (Å²) in [5.41, 5.74) is 0. The third kappa shape index (κ3) is 4.35. The van der Waals surface area contributed by atoms with Gasteiger partial charge in [-0.25, -0.2) is 19.9 Å². The van der Waals surface area contributed by atoms with Crippen LogP contribution in [0.25, 0.3) is 10.2 Å². The number of piperazine rings is 1. The Bertz CT molecular complexity index is 1000. The number of thioether (sulfide) groups is 1. The molecule has 1 amide bonds. The van der Waals surface area contributed by atoms with E-state index in [0.29, 0.717) is 13.1 Å². The highest BCUT2D eigenvalue weighted by Crippen LogP contribution is 2.34. The van der Waals surface area contributed by atoms with Crippen LogP contribution in [-0.4, -0.2) is 62.2 Å². The molecular formula is C20H24N6OS2. The third-order valence-electron chi connectivity index (χ3n) is 4.93. The monoisotopic (exact) mass is 428 g/mol. The molecule has 1 unspecified atom stereocenters. The Hall–Kier alpha value is -2.26. The first-order valence-corrected chi connectivity index (χ1v) is 11.5. The first kappa shape index (κ1) is 20.0. The zero-order valence-electron chi connectivity index (χ0n) is 16.8. The van der Waals surface area contributed by atoms with Gasteiger partial charge in [0.15, 0.2) is 0 Å². The minimum Gasteiger partial charge on any atom is -0.338 e. The lowest BCUT2D eigenvalue weighted by Crippen LogP contribution is -2.51. The number of hydrogen-bond acceptors (Lipinski definition) is 8. The summed E-state index contributed by atoms with van der Waals surface area (Å²) in [6, 6.07) is 3.97. The fourth-order valence-corrected chi connectivity index (χ4v) is 5.50. The van der Waals surface area contributed by atoms with Crippen molar-refractivity contribution in [3.8, 4) is 0 Å². The normalized spacial score (nSPS) is 15.7. The summed E-state index contributed by atoms with van der Waals surface area (Å²) in [7, 11) is 0. The summed E-state index contributed by atoms with van der Waals surface area (Å²) < 4.78 is 0. The van der Waals surface area contributed by atoms with Crippen LogP contribution in [0.4, 0.5) is 5.95 Å². The van der Waals surface area contributed by atoms with E-state index in [1.165, 1.54) is 16.6 Å². The van der Waals surface area contributed by atoms with Crippen molar-refractivity contribution in [2.24, 2.45) is 0 Å². The minimum absolute atomic E-state index is 0.152. The minimum atomic E-state index is -0.197. The highest BCUT2D eigenvalue weighted by atomic mass is 32.2. The quantitative estimate of drug-likeness (QED) is 0.456. The van der Waals surface area contributed by atoms with Crippen LogP contribution in [0.5, 0.6) is 0 Å². The Labute approximate surface area is 178 Å². The van der Waals surface area contributed by atoms with E-state index in [1.807, 2.05) is 24.8 Å². The van der Waals surface area contributed by atoms with Crippen LogP contribution in [0.3, 0.4) is 0 Å². The molecule has 0 radical (unpaired) electrons. The second-order valence-electron chi connectivity index (χ2n) is 6.98. The maximum atomic E-state index is 13.0. The van der Waals surface area contributed by atoms with Gasteiger partial charge in [0.2, 0.25) is 11.9 Å². The number of nitrogens with zero attached hydrogens (tertiary/aromatic N) is 6. The predicted octanol–water partition coefficient (Wildman–Crippen LogP) is 3.18. The molecule has 1 fully saturated rings. The fourth-order valence-electron chi connectivity index (χ4n) is 3.37. The number of amides is 1. The number of rotatable bonds is 5. The van der Waals surface area contributed by atoms with Crippen LogP contribution in [-0.2, 0) is 11.2 Å². The predicted molar refractivity (Wildman–Crippen MR) is 118 cm³/mol. The molecule has 7 nitrogen and oxygen atoms in total. The summed E-state index contributed by atoms with van der Waals surface area (Å²) in [6.07, 6.45) is 4.48. The molecule has 0 N–H and O–H groups in total. The van der Waals surface area contributed by atoms with Crippen molar-refractivity contribution in [1.82, 2.24) is 24.8 Å². The van der Waals surface area contributed by atoms with Gasteiger partial charge in [0.25, 0.3) is 0 Å². The summed E-state index contributed by atoms with van der Waals surface area (Å²) in [4.78, 5) is 37.2. The Morgan fingerprint density at radius 2 is 1.93 bits per heavy atom. The van der Waals surface area contributed by atoms with Gasteiger partial charge in [0.1, 0.15) is 15.7 Å². The lowest BCUT2D eigenvalue weighted by atomic mass is 10.3. The molecule has 1 aliphatic heterocycles. The molecule has 1 saturated heterocycles. The second-order valence-corrected chi connectivity index (χ2v) is 9.43. The molecule has 4 rings (SSSR count). The van der Waals surface area contributed by atoms with Crippen molar-refractivity contribution in [2.75, 3.05) is 31.1 Å². The van der Waals surface area contributed by atoms with E-state index >= 15 is 0 Å². The van der Waals surface area contributed by atoms with Gasteiger partial charge < -0.3 is 9.80 Å². The number of anilines is 1. The number of thiophene rings is 1. The van der Waals surface area contributed by atoms with Crippen molar-refractivity contribution in [3.63, 3.8) is 0 Å². The van der Waals surface area contributed by atoms with Gasteiger partial charge in [-0.3, -0.25) is 4.79 Å². The Balaban J connectivity index is 1.43. The largest absolute Gasteiger partial charge is 0.338 e. The molecule has 152 valence electrons. The maximum absolute atomic E-state index is 13.0. The van der Waals surface area contributed by atoms with E-state index in [-0.39, 0.29) is 11.2 Å². The second kappa shape index (κ2) is 8.62. The van der Waals surface area contributed by atoms with Gasteiger partial charge in [-0.1, -0.05) is 18.7 Å². The topological polar surface area (TPSA) is 75.1 Å². The Morgan fingerprint density at radius 3 is 2.62 bits per heavy atom. The maximum Gasteiger partial charge on any atom is 0.235 e. The molecule has 29 heavy (non-hydrogen) atoms. The van der Waals surface area contributed by atoms with Crippen molar-refractivity contribution in [1.29, 1.82) is 0 Å². The highest BCUT2D eigenvalue weighted by molar-refractivity contribution is 8.00. The van der Waals surface area contributed by atoms with Crippen LogP contribution >= 0.6 is 23.1 Å². The van der Waals surface area contributed by atoms with Crippen LogP contribution in [0.2, 0.25) is 0 Å². The van der Waals surface area contributed by atoms with Gasteiger partial charge in [0.05, 0.1) is 5.25 Å². The van der Waals surface area contributed by atoms with E-state index in [2.05, 4.69) is 37.8 Å². The molecule has 9 heteroatoms. The zero-order valence-corrected chi connectivity index (χ0v) is 18.5. The summed E-state index contributed by atoms with van der Waals surface area (Å²) in [5, 5.41) is 1.77. The molecule has 0 spiro atoms. The third-order valence-corrected chi connectivity index (χ3v) is 7.19. The number of fused-ring (bicyclic) bond motifs is 1. The average molecular weight is 429 g/mol. The molecule has 0 saturated carbocycles. The first-order chi connectivity index (χ1) is 14.0. The van der Waals surface area contributed by atoms with Crippen LogP contribution < -0.4 is 4.90 Å². The number of aromatic nitrogens is 4. The van der Waals surface area contributed by atoms with Crippen molar-refractivity contribution < 1.29 is 4.79 Å². The molecule has 0 aliphatic carbocycles. The fraction of sp³-hybridized carbons (Fsp3) is 0.450. The van der Waals surface area contributed by atoms with Gasteiger partial charge in [0, 0.05) is 48.8 Å². The van der Waals surface area contributed by atoms with E-state index < -0.39 is 0 Å². The molecule has 1 aliphatic rings. The molecule has 3 aromatic heterocycles. The summed E-state index contributed by atoms with van der Waals surface area (Å²) >= 11 is 3.25. The van der Waals surface area contributed by atoms with E-state index in [4.69, 9.17) is 0 Å². The van der Waals surface area contributed by atoms with Crippen molar-refractivity contribution >= 4 is 45.2 Å². The highest BCUT2D eigenvalue weighted by Gasteiger charge is 2.27.